The SMILES string of the molecule is CCOC(=O)c1sc(-c2cc(Br)c(N)c(CCCCl)c2)nc1C. The van der Waals surface area contributed by atoms with Gasteiger partial charge in [0.15, 0.2) is 0 Å². The van der Waals surface area contributed by atoms with Crippen molar-refractivity contribution in [3.05, 3.63) is 32.7 Å². The van der Waals surface area contributed by atoms with E-state index in [1.165, 1.54) is 11.3 Å². The lowest BCUT2D eigenvalue weighted by molar-refractivity contribution is 0.0531. The zero-order valence-electron chi connectivity index (χ0n) is 13.0. The maximum Gasteiger partial charge on any atom is 0.350 e. The molecular weight excluding hydrogens is 400 g/mol. The summed E-state index contributed by atoms with van der Waals surface area (Å²) in [7, 11) is 0. The Hall–Kier alpha value is -1.11. The Labute approximate surface area is 153 Å². The molecule has 1 aromatic carbocycles. The van der Waals surface area contributed by atoms with Crippen LogP contribution in [0.1, 0.15) is 34.3 Å². The first-order valence-corrected chi connectivity index (χ1v) is 9.41. The molecule has 4 nitrogen and oxygen atoms in total. The minimum absolute atomic E-state index is 0.328. The number of nitrogens with two attached hydrogens (primary N) is 1. The van der Waals surface area contributed by atoms with Crippen LogP contribution in [-0.4, -0.2) is 23.4 Å². The Morgan fingerprint density at radius 1 is 1.48 bits per heavy atom. The van der Waals surface area contributed by atoms with Gasteiger partial charge in [-0.2, -0.15) is 0 Å². The van der Waals surface area contributed by atoms with E-state index in [1.54, 1.807) is 6.92 Å². The van der Waals surface area contributed by atoms with Gasteiger partial charge in [-0.05, 0) is 60.3 Å². The fraction of sp³-hybridized carbons (Fsp3) is 0.375. The summed E-state index contributed by atoms with van der Waals surface area (Å²) in [6, 6.07) is 3.94. The van der Waals surface area contributed by atoms with Crippen molar-refractivity contribution in [3.8, 4) is 10.6 Å². The van der Waals surface area contributed by atoms with Gasteiger partial charge in [0.25, 0.3) is 0 Å². The first-order chi connectivity index (χ1) is 11.0. The lowest BCUT2D eigenvalue weighted by Crippen LogP contribution is -2.03. The van der Waals surface area contributed by atoms with E-state index in [9.17, 15) is 4.79 Å². The Kier molecular flexibility index (Phi) is 6.44. The zero-order chi connectivity index (χ0) is 17.0. The van der Waals surface area contributed by atoms with E-state index in [4.69, 9.17) is 22.1 Å². The maximum atomic E-state index is 11.9. The number of anilines is 1. The Balaban J connectivity index is 2.40. The fourth-order valence-corrected chi connectivity index (χ4v) is 3.75. The molecule has 0 saturated heterocycles. The lowest BCUT2D eigenvalue weighted by atomic mass is 10.0. The number of nitrogen functional groups attached to an aromatic ring is 1. The van der Waals surface area contributed by atoms with E-state index >= 15 is 0 Å². The standard InChI is InChI=1S/C16H18BrClN2O2S/c1-3-22-16(21)14-9(2)20-15(23-14)11-7-10(5-4-6-18)13(19)12(17)8-11/h7-8H,3-6,19H2,1-2H3. The van der Waals surface area contributed by atoms with Gasteiger partial charge in [-0.15, -0.1) is 22.9 Å². The first kappa shape index (κ1) is 18.2. The van der Waals surface area contributed by atoms with Crippen molar-refractivity contribution in [1.82, 2.24) is 4.98 Å². The number of aromatic nitrogens is 1. The van der Waals surface area contributed by atoms with Gasteiger partial charge in [-0.25, -0.2) is 9.78 Å². The van der Waals surface area contributed by atoms with Gasteiger partial charge in [0, 0.05) is 21.6 Å². The van der Waals surface area contributed by atoms with Gasteiger partial charge in [-0.3, -0.25) is 0 Å². The highest BCUT2D eigenvalue weighted by Crippen LogP contribution is 2.34. The van der Waals surface area contributed by atoms with Gasteiger partial charge in [-0.1, -0.05) is 0 Å². The summed E-state index contributed by atoms with van der Waals surface area (Å²) in [5.74, 6) is 0.260. The molecule has 7 heteroatoms. The van der Waals surface area contributed by atoms with Crippen molar-refractivity contribution in [3.63, 3.8) is 0 Å². The van der Waals surface area contributed by atoms with E-state index in [1.807, 2.05) is 19.1 Å². The largest absolute Gasteiger partial charge is 0.462 e. The number of nitrogens with zero attached hydrogens (tertiary/aromatic N) is 1. The van der Waals surface area contributed by atoms with Gasteiger partial charge >= 0.3 is 5.97 Å². The summed E-state index contributed by atoms with van der Waals surface area (Å²) in [6.07, 6.45) is 1.66. The number of thiazole rings is 1. The molecule has 0 aliphatic rings. The number of carbonyl (C=O) groups is 1. The van der Waals surface area contributed by atoms with Gasteiger partial charge in [0.05, 0.1) is 12.3 Å². The molecule has 124 valence electrons. The van der Waals surface area contributed by atoms with Crippen molar-refractivity contribution >= 4 is 50.5 Å². The van der Waals surface area contributed by atoms with Crippen LogP contribution in [0.25, 0.3) is 10.6 Å². The number of alkyl halides is 1. The van der Waals surface area contributed by atoms with Crippen LogP contribution in [0.15, 0.2) is 16.6 Å². The second-order valence-corrected chi connectivity index (χ2v) is 7.21. The topological polar surface area (TPSA) is 65.2 Å². The molecule has 0 amide bonds. The minimum atomic E-state index is -0.328. The number of carbonyl (C=O) groups excluding carboxylic acids is 1. The number of halogens is 2. The van der Waals surface area contributed by atoms with Crippen LogP contribution in [0, 0.1) is 6.92 Å². The molecule has 1 aromatic heterocycles. The zero-order valence-corrected chi connectivity index (χ0v) is 16.1. The lowest BCUT2D eigenvalue weighted by Gasteiger charge is -2.09. The average Bonchev–Trinajstić information content (AvgIpc) is 2.91. The Morgan fingerprint density at radius 2 is 2.22 bits per heavy atom. The molecule has 0 saturated carbocycles. The smallest absolute Gasteiger partial charge is 0.350 e. The molecule has 0 aliphatic heterocycles. The Bertz CT molecular complexity index is 718. The highest BCUT2D eigenvalue weighted by atomic mass is 79.9. The van der Waals surface area contributed by atoms with Crippen molar-refractivity contribution in [2.24, 2.45) is 0 Å². The number of benzene rings is 1. The molecule has 0 radical (unpaired) electrons. The normalized spacial score (nSPS) is 10.8. The molecule has 0 atom stereocenters. The molecule has 2 N–H and O–H groups in total. The van der Waals surface area contributed by atoms with E-state index in [0.717, 1.165) is 39.1 Å². The van der Waals surface area contributed by atoms with Crippen molar-refractivity contribution in [1.29, 1.82) is 0 Å². The minimum Gasteiger partial charge on any atom is -0.462 e. The third-order valence-electron chi connectivity index (χ3n) is 3.30. The van der Waals surface area contributed by atoms with Crippen molar-refractivity contribution in [2.45, 2.75) is 26.7 Å². The Morgan fingerprint density at radius 3 is 2.87 bits per heavy atom. The number of esters is 1. The van der Waals surface area contributed by atoms with Gasteiger partial charge in [0.1, 0.15) is 9.88 Å². The maximum absolute atomic E-state index is 11.9. The summed E-state index contributed by atoms with van der Waals surface area (Å²) in [5, 5.41) is 0.776. The van der Waals surface area contributed by atoms with E-state index < -0.39 is 0 Å². The monoisotopic (exact) mass is 416 g/mol. The number of aryl methyl sites for hydroxylation is 2. The molecule has 0 bridgehead atoms. The average molecular weight is 418 g/mol. The quantitative estimate of drug-likeness (QED) is 0.416. The van der Waals surface area contributed by atoms with Crippen LogP contribution in [-0.2, 0) is 11.2 Å². The van der Waals surface area contributed by atoms with Gasteiger partial charge in [0.2, 0.25) is 0 Å². The summed E-state index contributed by atoms with van der Waals surface area (Å²) in [4.78, 5) is 17.0. The van der Waals surface area contributed by atoms with Crippen LogP contribution in [0.4, 0.5) is 5.69 Å². The predicted octanol–water partition coefficient (Wildman–Crippen LogP) is 4.81. The second kappa shape index (κ2) is 8.13. The van der Waals surface area contributed by atoms with Crippen LogP contribution < -0.4 is 5.73 Å². The molecule has 23 heavy (non-hydrogen) atoms. The number of hydrogen-bond acceptors (Lipinski definition) is 5. The third kappa shape index (κ3) is 4.25. The summed E-state index contributed by atoms with van der Waals surface area (Å²) in [6.45, 7) is 3.95. The van der Waals surface area contributed by atoms with E-state index in [0.29, 0.717) is 23.1 Å². The third-order valence-corrected chi connectivity index (χ3v) is 5.41. The molecule has 0 fully saturated rings. The molecule has 1 heterocycles. The summed E-state index contributed by atoms with van der Waals surface area (Å²) >= 11 is 10.6. The van der Waals surface area contributed by atoms with E-state index in [2.05, 4.69) is 20.9 Å². The predicted molar refractivity (Wildman–Crippen MR) is 99.4 cm³/mol. The molecule has 2 aromatic rings. The molecule has 2 rings (SSSR count). The second-order valence-electron chi connectivity index (χ2n) is 4.98. The number of rotatable bonds is 6. The van der Waals surface area contributed by atoms with E-state index in [-0.39, 0.29) is 5.97 Å². The number of hydrogen-bond donors (Lipinski definition) is 1. The van der Waals surface area contributed by atoms with Crippen LogP contribution in [0.2, 0.25) is 0 Å². The van der Waals surface area contributed by atoms with Crippen LogP contribution in [0.5, 0.6) is 0 Å². The molecule has 0 aliphatic carbocycles. The molecule has 0 spiro atoms. The highest BCUT2D eigenvalue weighted by molar-refractivity contribution is 9.10. The first-order valence-electron chi connectivity index (χ1n) is 7.26. The van der Waals surface area contributed by atoms with Crippen LogP contribution >= 0.6 is 38.9 Å². The molecule has 0 unspecified atom stereocenters. The fourth-order valence-electron chi connectivity index (χ4n) is 2.17. The summed E-state index contributed by atoms with van der Waals surface area (Å²) in [5.41, 5.74) is 9.47. The molecular formula is C16H18BrClN2O2S. The van der Waals surface area contributed by atoms with Crippen molar-refractivity contribution in [2.75, 3.05) is 18.2 Å². The van der Waals surface area contributed by atoms with Crippen molar-refractivity contribution < 1.29 is 9.53 Å². The van der Waals surface area contributed by atoms with Crippen LogP contribution in [0.3, 0.4) is 0 Å². The van der Waals surface area contributed by atoms with Gasteiger partial charge < -0.3 is 10.5 Å². The summed E-state index contributed by atoms with van der Waals surface area (Å²) < 4.78 is 5.89. The number of ether oxygens (including phenoxy) is 1. The highest BCUT2D eigenvalue weighted by Gasteiger charge is 2.18.